The standard InChI is InChI=1S/C27H30ClN5O2/c28-22-10-11-24(29-18-22)33-15-5-9-23(33)19-32-16-12-21(13-17-32)27(25(34)30-26(35)31-27)14-4-8-20-6-2-1-3-7-20/h1-3,5-7,9-11,15,18,21H,4,8,12-14,16-17,19H2,(H2,30,31,34,35)/t27-/m1/s1. The monoisotopic (exact) mass is 491 g/mol. The Morgan fingerprint density at radius 2 is 1.83 bits per heavy atom. The number of hydrogen-bond donors (Lipinski definition) is 2. The second-order valence-corrected chi connectivity index (χ2v) is 9.91. The maximum Gasteiger partial charge on any atom is 0.322 e. The van der Waals surface area contributed by atoms with Crippen LogP contribution in [0.2, 0.25) is 5.02 Å². The van der Waals surface area contributed by atoms with Gasteiger partial charge in [-0.1, -0.05) is 41.9 Å². The second kappa shape index (κ2) is 10.2. The van der Waals surface area contributed by atoms with Gasteiger partial charge in [0.05, 0.1) is 5.02 Å². The summed E-state index contributed by atoms with van der Waals surface area (Å²) < 4.78 is 2.08. The number of aromatic nitrogens is 2. The van der Waals surface area contributed by atoms with Crippen LogP contribution in [0.1, 0.15) is 36.9 Å². The van der Waals surface area contributed by atoms with Gasteiger partial charge in [-0.25, -0.2) is 9.78 Å². The van der Waals surface area contributed by atoms with Gasteiger partial charge in [0, 0.05) is 24.6 Å². The first-order valence-electron chi connectivity index (χ1n) is 12.2. The molecule has 2 aromatic heterocycles. The third-order valence-corrected chi connectivity index (χ3v) is 7.53. The quantitative estimate of drug-likeness (QED) is 0.459. The molecule has 0 bridgehead atoms. The molecule has 2 fully saturated rings. The lowest BCUT2D eigenvalue weighted by Crippen LogP contribution is -2.56. The number of carbonyl (C=O) groups is 2. The Hall–Kier alpha value is -3.16. The number of nitrogens with one attached hydrogen (secondary N) is 2. The molecule has 0 saturated carbocycles. The van der Waals surface area contributed by atoms with Gasteiger partial charge in [-0.15, -0.1) is 0 Å². The molecule has 5 rings (SSSR count). The predicted octanol–water partition coefficient (Wildman–Crippen LogP) is 4.34. The molecule has 4 heterocycles. The van der Waals surface area contributed by atoms with Crippen LogP contribution >= 0.6 is 11.6 Å². The van der Waals surface area contributed by atoms with Crippen LogP contribution in [0, 0.1) is 5.92 Å². The van der Waals surface area contributed by atoms with Gasteiger partial charge in [-0.2, -0.15) is 0 Å². The molecule has 0 radical (unpaired) electrons. The number of likely N-dealkylation sites (tertiary alicyclic amines) is 1. The van der Waals surface area contributed by atoms with E-state index in [0.29, 0.717) is 11.4 Å². The van der Waals surface area contributed by atoms with E-state index < -0.39 is 5.54 Å². The molecule has 0 unspecified atom stereocenters. The topological polar surface area (TPSA) is 79.3 Å². The zero-order valence-electron chi connectivity index (χ0n) is 19.6. The van der Waals surface area contributed by atoms with E-state index in [1.165, 1.54) is 5.56 Å². The molecule has 8 heteroatoms. The van der Waals surface area contributed by atoms with Gasteiger partial charge in [0.15, 0.2) is 0 Å². The number of urea groups is 1. The van der Waals surface area contributed by atoms with Gasteiger partial charge in [0.25, 0.3) is 5.91 Å². The van der Waals surface area contributed by atoms with Crippen molar-refractivity contribution in [2.45, 2.75) is 44.2 Å². The molecule has 182 valence electrons. The van der Waals surface area contributed by atoms with E-state index in [9.17, 15) is 9.59 Å². The molecule has 1 atom stereocenters. The van der Waals surface area contributed by atoms with Crippen LogP contribution in [-0.4, -0.2) is 45.0 Å². The van der Waals surface area contributed by atoms with Crippen LogP contribution in [0.15, 0.2) is 67.0 Å². The highest BCUT2D eigenvalue weighted by Crippen LogP contribution is 2.35. The van der Waals surface area contributed by atoms with E-state index in [1.807, 2.05) is 42.6 Å². The van der Waals surface area contributed by atoms with Gasteiger partial charge in [0.1, 0.15) is 11.4 Å². The molecular weight excluding hydrogens is 462 g/mol. The number of nitrogens with zero attached hydrogens (tertiary/aromatic N) is 3. The Morgan fingerprint density at radius 3 is 2.51 bits per heavy atom. The number of piperidine rings is 1. The summed E-state index contributed by atoms with van der Waals surface area (Å²) in [5.74, 6) is 0.786. The van der Waals surface area contributed by atoms with Crippen molar-refractivity contribution >= 4 is 23.5 Å². The number of aryl methyl sites for hydroxylation is 1. The van der Waals surface area contributed by atoms with E-state index in [-0.39, 0.29) is 17.9 Å². The molecular formula is C27H30ClN5O2. The molecule has 2 N–H and O–H groups in total. The van der Waals surface area contributed by atoms with Crippen molar-refractivity contribution in [1.82, 2.24) is 25.1 Å². The van der Waals surface area contributed by atoms with Crippen molar-refractivity contribution in [1.29, 1.82) is 0 Å². The molecule has 3 amide bonds. The maximum atomic E-state index is 13.0. The first-order valence-corrected chi connectivity index (χ1v) is 12.6. The number of imide groups is 1. The normalized spacial score (nSPS) is 21.2. The van der Waals surface area contributed by atoms with Crippen molar-refractivity contribution in [2.75, 3.05) is 13.1 Å². The summed E-state index contributed by atoms with van der Waals surface area (Å²) in [6, 6.07) is 17.8. The van der Waals surface area contributed by atoms with E-state index in [2.05, 4.69) is 43.3 Å². The molecule has 2 aliphatic rings. The zero-order chi connectivity index (χ0) is 24.3. The predicted molar refractivity (Wildman–Crippen MR) is 135 cm³/mol. The van der Waals surface area contributed by atoms with Crippen molar-refractivity contribution in [3.05, 3.63) is 83.3 Å². The highest BCUT2D eigenvalue weighted by atomic mass is 35.5. The summed E-state index contributed by atoms with van der Waals surface area (Å²) in [4.78, 5) is 32.0. The smallest absolute Gasteiger partial charge is 0.322 e. The summed E-state index contributed by atoms with van der Waals surface area (Å²) >= 11 is 5.99. The van der Waals surface area contributed by atoms with E-state index in [0.717, 1.165) is 56.8 Å². The minimum Gasteiger partial charge on any atom is -0.323 e. The van der Waals surface area contributed by atoms with Crippen LogP contribution in [-0.2, 0) is 17.8 Å². The third kappa shape index (κ3) is 5.11. The number of benzene rings is 1. The van der Waals surface area contributed by atoms with Crippen LogP contribution in [0.25, 0.3) is 5.82 Å². The molecule has 1 aromatic carbocycles. The average Bonchev–Trinajstić information content (AvgIpc) is 3.44. The highest BCUT2D eigenvalue weighted by molar-refractivity contribution is 6.30. The maximum absolute atomic E-state index is 13.0. The summed E-state index contributed by atoms with van der Waals surface area (Å²) in [5, 5.41) is 6.15. The van der Waals surface area contributed by atoms with Crippen LogP contribution in [0.5, 0.6) is 0 Å². The summed E-state index contributed by atoms with van der Waals surface area (Å²) in [6.45, 7) is 2.53. The lowest BCUT2D eigenvalue weighted by Gasteiger charge is -2.40. The van der Waals surface area contributed by atoms with Crippen molar-refractivity contribution in [3.8, 4) is 5.82 Å². The summed E-state index contributed by atoms with van der Waals surface area (Å²) in [7, 11) is 0. The first-order chi connectivity index (χ1) is 17.0. The number of hydrogen-bond acceptors (Lipinski definition) is 4. The molecule has 0 aliphatic carbocycles. The van der Waals surface area contributed by atoms with Gasteiger partial charge >= 0.3 is 6.03 Å². The Bertz CT molecular complexity index is 1170. The average molecular weight is 492 g/mol. The Morgan fingerprint density at radius 1 is 1.03 bits per heavy atom. The molecule has 7 nitrogen and oxygen atoms in total. The van der Waals surface area contributed by atoms with Gasteiger partial charge in [0.2, 0.25) is 0 Å². The fourth-order valence-electron chi connectivity index (χ4n) is 5.48. The second-order valence-electron chi connectivity index (χ2n) is 9.47. The van der Waals surface area contributed by atoms with Crippen LogP contribution in [0.4, 0.5) is 4.79 Å². The fourth-order valence-corrected chi connectivity index (χ4v) is 5.59. The van der Waals surface area contributed by atoms with E-state index >= 15 is 0 Å². The van der Waals surface area contributed by atoms with Crippen molar-refractivity contribution < 1.29 is 9.59 Å². The van der Waals surface area contributed by atoms with Gasteiger partial charge in [-0.3, -0.25) is 15.0 Å². The van der Waals surface area contributed by atoms with E-state index in [1.54, 1.807) is 6.20 Å². The summed E-state index contributed by atoms with van der Waals surface area (Å²) in [5.41, 5.74) is 1.59. The van der Waals surface area contributed by atoms with E-state index in [4.69, 9.17) is 11.6 Å². The lowest BCUT2D eigenvalue weighted by molar-refractivity contribution is -0.127. The fraction of sp³-hybridized carbons (Fsp3) is 0.370. The number of amides is 3. The Balaban J connectivity index is 1.22. The molecule has 35 heavy (non-hydrogen) atoms. The van der Waals surface area contributed by atoms with Gasteiger partial charge < -0.3 is 9.88 Å². The number of carbonyl (C=O) groups excluding carboxylic acids is 2. The summed E-state index contributed by atoms with van der Waals surface area (Å²) in [6.07, 6.45) is 7.77. The van der Waals surface area contributed by atoms with Crippen LogP contribution < -0.4 is 10.6 Å². The highest BCUT2D eigenvalue weighted by Gasteiger charge is 2.51. The van der Waals surface area contributed by atoms with Crippen molar-refractivity contribution in [2.24, 2.45) is 5.92 Å². The van der Waals surface area contributed by atoms with Crippen molar-refractivity contribution in [3.63, 3.8) is 0 Å². The Labute approximate surface area is 210 Å². The molecule has 0 spiro atoms. The Kier molecular flexibility index (Phi) is 6.88. The molecule has 2 saturated heterocycles. The number of rotatable bonds is 8. The number of halogens is 1. The zero-order valence-corrected chi connectivity index (χ0v) is 20.4. The first kappa shape index (κ1) is 23.6. The minimum absolute atomic E-state index is 0.116. The lowest BCUT2D eigenvalue weighted by atomic mass is 9.74. The molecule has 2 aliphatic heterocycles. The molecule has 3 aromatic rings. The van der Waals surface area contributed by atoms with Gasteiger partial charge in [-0.05, 0) is 80.9 Å². The van der Waals surface area contributed by atoms with Crippen LogP contribution in [0.3, 0.4) is 0 Å². The number of pyridine rings is 1. The SMILES string of the molecule is O=C1NC(=O)[C@@](CCCc2ccccc2)(C2CCN(Cc3cccn3-c3ccc(Cl)cn3)CC2)N1. The minimum atomic E-state index is -0.814. The third-order valence-electron chi connectivity index (χ3n) is 7.31. The largest absolute Gasteiger partial charge is 0.323 e.